The first-order chi connectivity index (χ1) is 10.0. The average molecular weight is 297 g/mol. The molecule has 0 radical (unpaired) electrons. The van der Waals surface area contributed by atoms with E-state index in [1.54, 1.807) is 0 Å². The van der Waals surface area contributed by atoms with E-state index < -0.39 is 22.3 Å². The Bertz CT molecular complexity index is 557. The highest BCUT2D eigenvalue weighted by molar-refractivity contribution is 5.99. The minimum absolute atomic E-state index is 0.0509. The van der Waals surface area contributed by atoms with Crippen molar-refractivity contribution in [2.45, 2.75) is 6.42 Å². The molecule has 1 aromatic carbocycles. The minimum atomic E-state index is -0.764. The maximum Gasteiger partial charge on any atom is 0.285 e. The van der Waals surface area contributed by atoms with E-state index in [2.05, 4.69) is 5.32 Å². The Morgan fingerprint density at radius 3 is 2.86 bits per heavy atom. The van der Waals surface area contributed by atoms with Gasteiger partial charge in [-0.3, -0.25) is 14.9 Å². The molecular weight excluding hydrogens is 281 g/mol. The molecule has 1 aliphatic heterocycles. The number of anilines is 1. The molecule has 0 atom stereocenters. The van der Waals surface area contributed by atoms with Gasteiger partial charge < -0.3 is 15.0 Å². The van der Waals surface area contributed by atoms with Crippen molar-refractivity contribution < 1.29 is 18.8 Å². The maximum atomic E-state index is 13.6. The maximum absolute atomic E-state index is 13.6. The standard InChI is InChI=1S/C13H16FN3O4/c1-15-11-7-9(12(17(19)20)8-10(11)14)13(18)16-3-2-5-21-6-4-16/h7-8,15H,2-6H2,1H3. The lowest BCUT2D eigenvalue weighted by Crippen LogP contribution is -2.33. The summed E-state index contributed by atoms with van der Waals surface area (Å²) >= 11 is 0. The summed E-state index contributed by atoms with van der Waals surface area (Å²) in [6.45, 7) is 1.77. The highest BCUT2D eigenvalue weighted by atomic mass is 19.1. The number of nitrogens with one attached hydrogen (secondary N) is 1. The topological polar surface area (TPSA) is 84.7 Å². The number of nitro groups is 1. The molecule has 0 aliphatic carbocycles. The highest BCUT2D eigenvalue weighted by Gasteiger charge is 2.27. The van der Waals surface area contributed by atoms with Crippen LogP contribution in [0.15, 0.2) is 12.1 Å². The number of hydrogen-bond donors (Lipinski definition) is 1. The monoisotopic (exact) mass is 297 g/mol. The van der Waals surface area contributed by atoms with Crippen LogP contribution in [0.25, 0.3) is 0 Å². The van der Waals surface area contributed by atoms with E-state index in [-0.39, 0.29) is 11.3 Å². The summed E-state index contributed by atoms with van der Waals surface area (Å²) in [6.07, 6.45) is 0.666. The van der Waals surface area contributed by atoms with Crippen molar-refractivity contribution in [3.8, 4) is 0 Å². The summed E-state index contributed by atoms with van der Waals surface area (Å²) in [4.78, 5) is 24.3. The van der Waals surface area contributed by atoms with Crippen LogP contribution in [0.5, 0.6) is 0 Å². The molecule has 0 spiro atoms. The van der Waals surface area contributed by atoms with Gasteiger partial charge in [0.05, 0.1) is 23.3 Å². The molecule has 8 heteroatoms. The Labute approximate surface area is 120 Å². The molecule has 1 fully saturated rings. The molecule has 1 aromatic rings. The Hall–Kier alpha value is -2.22. The first kappa shape index (κ1) is 15.2. The number of hydrogen-bond acceptors (Lipinski definition) is 5. The van der Waals surface area contributed by atoms with Gasteiger partial charge in [-0.15, -0.1) is 0 Å². The van der Waals surface area contributed by atoms with E-state index in [1.165, 1.54) is 18.0 Å². The highest BCUT2D eigenvalue weighted by Crippen LogP contribution is 2.27. The van der Waals surface area contributed by atoms with Crippen LogP contribution in [0.4, 0.5) is 15.8 Å². The van der Waals surface area contributed by atoms with Crippen molar-refractivity contribution in [1.29, 1.82) is 0 Å². The smallest absolute Gasteiger partial charge is 0.285 e. The van der Waals surface area contributed by atoms with Crippen LogP contribution >= 0.6 is 0 Å². The average Bonchev–Trinajstić information content (AvgIpc) is 2.75. The number of nitrogens with zero attached hydrogens (tertiary/aromatic N) is 2. The fraction of sp³-hybridized carbons (Fsp3) is 0.462. The predicted octanol–water partition coefficient (Wildman–Crippen LogP) is 1.64. The number of benzene rings is 1. The van der Waals surface area contributed by atoms with Crippen LogP contribution in [0.3, 0.4) is 0 Å². The molecule has 114 valence electrons. The lowest BCUT2D eigenvalue weighted by molar-refractivity contribution is -0.385. The fourth-order valence-corrected chi connectivity index (χ4v) is 2.20. The normalized spacial score (nSPS) is 15.4. The minimum Gasteiger partial charge on any atom is -0.386 e. The van der Waals surface area contributed by atoms with Crippen molar-refractivity contribution in [3.05, 3.63) is 33.6 Å². The van der Waals surface area contributed by atoms with E-state index in [0.717, 1.165) is 6.07 Å². The summed E-state index contributed by atoms with van der Waals surface area (Å²) < 4.78 is 18.9. The Morgan fingerprint density at radius 2 is 2.19 bits per heavy atom. The van der Waals surface area contributed by atoms with Crippen LogP contribution < -0.4 is 5.32 Å². The largest absolute Gasteiger partial charge is 0.386 e. The Balaban J connectivity index is 2.40. The van der Waals surface area contributed by atoms with Crippen LogP contribution in [-0.2, 0) is 4.74 Å². The van der Waals surface area contributed by atoms with Gasteiger partial charge in [-0.1, -0.05) is 0 Å². The van der Waals surface area contributed by atoms with Crippen molar-refractivity contribution in [3.63, 3.8) is 0 Å². The number of carbonyl (C=O) groups is 1. The van der Waals surface area contributed by atoms with Gasteiger partial charge in [-0.2, -0.15) is 0 Å². The van der Waals surface area contributed by atoms with Gasteiger partial charge in [0.25, 0.3) is 11.6 Å². The molecule has 0 bridgehead atoms. The van der Waals surface area contributed by atoms with E-state index in [1.807, 2.05) is 0 Å². The number of rotatable bonds is 3. The molecule has 21 heavy (non-hydrogen) atoms. The Morgan fingerprint density at radius 1 is 1.43 bits per heavy atom. The summed E-state index contributed by atoms with van der Waals surface area (Å²) in [6, 6.07) is 1.95. The second-order valence-electron chi connectivity index (χ2n) is 4.61. The quantitative estimate of drug-likeness (QED) is 0.677. The molecule has 2 rings (SSSR count). The molecule has 1 saturated heterocycles. The molecule has 7 nitrogen and oxygen atoms in total. The van der Waals surface area contributed by atoms with E-state index in [4.69, 9.17) is 4.74 Å². The van der Waals surface area contributed by atoms with Crippen LogP contribution in [0.1, 0.15) is 16.8 Å². The van der Waals surface area contributed by atoms with Crippen LogP contribution in [0.2, 0.25) is 0 Å². The summed E-state index contributed by atoms with van der Waals surface area (Å²) in [7, 11) is 1.48. The van der Waals surface area contributed by atoms with E-state index in [0.29, 0.717) is 32.7 Å². The van der Waals surface area contributed by atoms with Gasteiger partial charge in [0, 0.05) is 26.7 Å². The third kappa shape index (κ3) is 3.27. The molecule has 1 N–H and O–H groups in total. The third-order valence-corrected chi connectivity index (χ3v) is 3.29. The molecule has 0 saturated carbocycles. The molecular formula is C13H16FN3O4. The van der Waals surface area contributed by atoms with Gasteiger partial charge in [0.1, 0.15) is 5.56 Å². The number of ether oxygens (including phenoxy) is 1. The molecule has 1 heterocycles. The van der Waals surface area contributed by atoms with Gasteiger partial charge in [-0.05, 0) is 12.5 Å². The third-order valence-electron chi connectivity index (χ3n) is 3.29. The number of carbonyl (C=O) groups excluding carboxylic acids is 1. The molecule has 0 aromatic heterocycles. The lowest BCUT2D eigenvalue weighted by Gasteiger charge is -2.20. The second-order valence-corrected chi connectivity index (χ2v) is 4.61. The van der Waals surface area contributed by atoms with Gasteiger partial charge >= 0.3 is 0 Å². The lowest BCUT2D eigenvalue weighted by atomic mass is 10.1. The van der Waals surface area contributed by atoms with Crippen molar-refractivity contribution >= 4 is 17.3 Å². The second kappa shape index (κ2) is 6.49. The fourth-order valence-electron chi connectivity index (χ4n) is 2.20. The number of halogens is 1. The van der Waals surface area contributed by atoms with Gasteiger partial charge in [0.2, 0.25) is 0 Å². The van der Waals surface area contributed by atoms with Crippen molar-refractivity contribution in [2.24, 2.45) is 0 Å². The molecule has 1 amide bonds. The Kier molecular flexibility index (Phi) is 4.69. The van der Waals surface area contributed by atoms with Crippen molar-refractivity contribution in [1.82, 2.24) is 4.90 Å². The molecule has 1 aliphatic rings. The predicted molar refractivity (Wildman–Crippen MR) is 73.9 cm³/mol. The van der Waals surface area contributed by atoms with Gasteiger partial charge in [0.15, 0.2) is 5.82 Å². The van der Waals surface area contributed by atoms with Crippen molar-refractivity contribution in [2.75, 3.05) is 38.7 Å². The SMILES string of the molecule is CNc1cc(C(=O)N2CCCOCC2)c([N+](=O)[O-])cc1F. The first-order valence-electron chi connectivity index (χ1n) is 6.57. The molecule has 0 unspecified atom stereocenters. The van der Waals surface area contributed by atoms with Gasteiger partial charge in [-0.25, -0.2) is 4.39 Å². The zero-order chi connectivity index (χ0) is 15.4. The summed E-state index contributed by atoms with van der Waals surface area (Å²) in [5.74, 6) is -1.25. The number of amides is 1. The van der Waals surface area contributed by atoms with E-state index in [9.17, 15) is 19.3 Å². The summed E-state index contributed by atoms with van der Waals surface area (Å²) in [5, 5.41) is 13.6. The first-order valence-corrected chi connectivity index (χ1v) is 6.57. The van der Waals surface area contributed by atoms with E-state index >= 15 is 0 Å². The zero-order valence-electron chi connectivity index (χ0n) is 11.6. The number of nitro benzene ring substituents is 1. The van der Waals surface area contributed by atoms with Crippen LogP contribution in [-0.4, -0.2) is 49.1 Å². The zero-order valence-corrected chi connectivity index (χ0v) is 11.6. The van der Waals surface area contributed by atoms with Crippen LogP contribution in [0, 0.1) is 15.9 Å². The summed E-state index contributed by atoms with van der Waals surface area (Å²) in [5.41, 5.74) is -0.593.